The first kappa shape index (κ1) is 13.8. The number of anilines is 1. The van der Waals surface area contributed by atoms with Crippen LogP contribution in [0.4, 0.5) is 11.4 Å². The van der Waals surface area contributed by atoms with E-state index in [9.17, 15) is 14.9 Å². The van der Waals surface area contributed by atoms with Gasteiger partial charge >= 0.3 is 0 Å². The van der Waals surface area contributed by atoms with Crippen LogP contribution >= 0.6 is 0 Å². The van der Waals surface area contributed by atoms with E-state index in [2.05, 4.69) is 5.32 Å². The number of non-ortho nitro benzene ring substituents is 1. The number of benzene rings is 2. The van der Waals surface area contributed by atoms with Crippen LogP contribution in [0.3, 0.4) is 0 Å². The van der Waals surface area contributed by atoms with E-state index in [4.69, 9.17) is 4.74 Å². The molecule has 110 valence electrons. The number of amides is 1. The number of carbonyl (C=O) groups excluding carboxylic acids is 1. The monoisotopic (exact) mass is 296 g/mol. The minimum Gasteiger partial charge on any atom is -0.497 e. The minimum atomic E-state index is -0.478. The number of nitrogens with zero attached hydrogens (tertiary/aromatic N) is 1. The Morgan fingerprint density at radius 2 is 1.91 bits per heavy atom. The molecule has 2 aromatic rings. The Labute approximate surface area is 126 Å². The van der Waals surface area contributed by atoms with Crippen molar-refractivity contribution in [2.75, 3.05) is 12.4 Å². The van der Waals surface area contributed by atoms with Crippen LogP contribution in [-0.4, -0.2) is 17.9 Å². The van der Waals surface area contributed by atoms with Crippen molar-refractivity contribution in [3.05, 3.63) is 63.7 Å². The third-order valence-corrected chi connectivity index (χ3v) is 3.42. The number of ether oxygens (including phenoxy) is 1. The number of nitro groups is 1. The van der Waals surface area contributed by atoms with Crippen molar-refractivity contribution >= 4 is 28.9 Å². The van der Waals surface area contributed by atoms with E-state index in [0.717, 1.165) is 5.56 Å². The lowest BCUT2D eigenvalue weighted by molar-refractivity contribution is -0.384. The van der Waals surface area contributed by atoms with Gasteiger partial charge in [-0.15, -0.1) is 0 Å². The molecule has 0 bridgehead atoms. The topological polar surface area (TPSA) is 81.5 Å². The summed E-state index contributed by atoms with van der Waals surface area (Å²) in [6, 6.07) is 11.5. The number of rotatable bonds is 3. The zero-order valence-electron chi connectivity index (χ0n) is 11.7. The zero-order chi connectivity index (χ0) is 15.7. The molecule has 1 heterocycles. The summed E-state index contributed by atoms with van der Waals surface area (Å²) < 4.78 is 5.08. The molecule has 1 amide bonds. The molecule has 1 N–H and O–H groups in total. The molecule has 0 aromatic heterocycles. The fourth-order valence-corrected chi connectivity index (χ4v) is 2.30. The van der Waals surface area contributed by atoms with Crippen LogP contribution in [0, 0.1) is 10.1 Å². The Balaban J connectivity index is 2.04. The van der Waals surface area contributed by atoms with Gasteiger partial charge in [0.15, 0.2) is 0 Å². The van der Waals surface area contributed by atoms with Crippen LogP contribution in [0.2, 0.25) is 0 Å². The lowest BCUT2D eigenvalue weighted by Crippen LogP contribution is -2.03. The molecule has 0 radical (unpaired) electrons. The predicted molar refractivity (Wildman–Crippen MR) is 82.6 cm³/mol. The van der Waals surface area contributed by atoms with Crippen LogP contribution < -0.4 is 10.1 Å². The van der Waals surface area contributed by atoms with Gasteiger partial charge in [0.1, 0.15) is 5.75 Å². The first-order valence-electron chi connectivity index (χ1n) is 6.54. The largest absolute Gasteiger partial charge is 0.497 e. The first-order valence-corrected chi connectivity index (χ1v) is 6.54. The highest BCUT2D eigenvalue weighted by molar-refractivity contribution is 6.35. The normalized spacial score (nSPS) is 14.6. The van der Waals surface area contributed by atoms with Crippen molar-refractivity contribution in [1.82, 2.24) is 0 Å². The van der Waals surface area contributed by atoms with E-state index in [1.54, 1.807) is 31.4 Å². The Morgan fingerprint density at radius 1 is 1.18 bits per heavy atom. The second-order valence-corrected chi connectivity index (χ2v) is 4.77. The number of hydrogen-bond acceptors (Lipinski definition) is 4. The Morgan fingerprint density at radius 3 is 2.55 bits per heavy atom. The smallest absolute Gasteiger partial charge is 0.270 e. The molecule has 1 aliphatic rings. The quantitative estimate of drug-likeness (QED) is 0.536. The molecule has 0 atom stereocenters. The third kappa shape index (κ3) is 2.42. The fourth-order valence-electron chi connectivity index (χ4n) is 2.30. The molecule has 0 spiro atoms. The van der Waals surface area contributed by atoms with Crippen molar-refractivity contribution in [2.24, 2.45) is 0 Å². The highest BCUT2D eigenvalue weighted by Crippen LogP contribution is 2.35. The molecule has 1 aliphatic heterocycles. The van der Waals surface area contributed by atoms with Crippen LogP contribution in [0.1, 0.15) is 11.1 Å². The lowest BCUT2D eigenvalue weighted by atomic mass is 10.0. The minimum absolute atomic E-state index is 0.0455. The summed E-state index contributed by atoms with van der Waals surface area (Å²) >= 11 is 0. The van der Waals surface area contributed by atoms with Crippen LogP contribution in [0.25, 0.3) is 11.6 Å². The van der Waals surface area contributed by atoms with Crippen LogP contribution in [-0.2, 0) is 4.79 Å². The molecule has 0 saturated carbocycles. The maximum Gasteiger partial charge on any atom is 0.270 e. The van der Waals surface area contributed by atoms with Gasteiger partial charge in [0.2, 0.25) is 0 Å². The number of nitrogens with one attached hydrogen (secondary N) is 1. The van der Waals surface area contributed by atoms with Gasteiger partial charge in [0, 0.05) is 29.0 Å². The van der Waals surface area contributed by atoms with Gasteiger partial charge < -0.3 is 10.1 Å². The molecule has 6 nitrogen and oxygen atoms in total. The number of methoxy groups -OCH3 is 1. The molecular formula is C16H12N2O4. The van der Waals surface area contributed by atoms with Gasteiger partial charge in [-0.05, 0) is 29.8 Å². The average molecular weight is 296 g/mol. The first-order chi connectivity index (χ1) is 10.6. The highest BCUT2D eigenvalue weighted by Gasteiger charge is 2.26. The molecular weight excluding hydrogens is 284 g/mol. The van der Waals surface area contributed by atoms with E-state index in [1.165, 1.54) is 12.1 Å². The summed E-state index contributed by atoms with van der Waals surface area (Å²) in [6.07, 6.45) is 1.70. The molecule has 22 heavy (non-hydrogen) atoms. The summed E-state index contributed by atoms with van der Waals surface area (Å²) in [6.45, 7) is 0. The molecule has 0 aliphatic carbocycles. The number of carbonyl (C=O) groups is 1. The van der Waals surface area contributed by atoms with Crippen LogP contribution in [0.15, 0.2) is 42.5 Å². The summed E-state index contributed by atoms with van der Waals surface area (Å²) in [7, 11) is 1.58. The molecule has 6 heteroatoms. The van der Waals surface area contributed by atoms with Crippen molar-refractivity contribution in [2.45, 2.75) is 0 Å². The van der Waals surface area contributed by atoms with Gasteiger partial charge in [0.25, 0.3) is 11.6 Å². The maximum absolute atomic E-state index is 12.1. The van der Waals surface area contributed by atoms with Crippen molar-refractivity contribution in [3.63, 3.8) is 0 Å². The summed E-state index contributed by atoms with van der Waals surface area (Å²) in [5.74, 6) is 0.445. The summed E-state index contributed by atoms with van der Waals surface area (Å²) in [5.41, 5.74) is 2.29. The average Bonchev–Trinajstić information content (AvgIpc) is 2.83. The summed E-state index contributed by atoms with van der Waals surface area (Å²) in [5, 5.41) is 13.6. The maximum atomic E-state index is 12.1. The van der Waals surface area contributed by atoms with Gasteiger partial charge in [-0.25, -0.2) is 0 Å². The van der Waals surface area contributed by atoms with E-state index >= 15 is 0 Å². The van der Waals surface area contributed by atoms with Crippen molar-refractivity contribution in [3.8, 4) is 5.75 Å². The summed E-state index contributed by atoms with van der Waals surface area (Å²) in [4.78, 5) is 22.5. The van der Waals surface area contributed by atoms with Crippen LogP contribution in [0.5, 0.6) is 5.75 Å². The van der Waals surface area contributed by atoms with E-state index < -0.39 is 4.92 Å². The number of nitro benzene ring substituents is 1. The van der Waals surface area contributed by atoms with Gasteiger partial charge in [-0.2, -0.15) is 0 Å². The van der Waals surface area contributed by atoms with Gasteiger partial charge in [-0.1, -0.05) is 12.1 Å². The standard InChI is InChI=1S/C16H12N2O4/c1-22-12-5-2-10(3-6-12)8-14-13-9-11(18(20)21)4-7-15(13)17-16(14)19/h2-9H,1H3,(H,17,19)/b14-8+. The third-order valence-electron chi connectivity index (χ3n) is 3.42. The Bertz CT molecular complexity index is 794. The second-order valence-electron chi connectivity index (χ2n) is 4.77. The predicted octanol–water partition coefficient (Wildman–Crippen LogP) is 3.10. The van der Waals surface area contributed by atoms with Crippen molar-refractivity contribution in [1.29, 1.82) is 0 Å². The number of fused-ring (bicyclic) bond motifs is 1. The molecule has 2 aromatic carbocycles. The van der Waals surface area contributed by atoms with Gasteiger partial charge in [0.05, 0.1) is 12.0 Å². The van der Waals surface area contributed by atoms with E-state index in [1.807, 2.05) is 12.1 Å². The fraction of sp³-hybridized carbons (Fsp3) is 0.0625. The van der Waals surface area contributed by atoms with E-state index in [-0.39, 0.29) is 11.6 Å². The van der Waals surface area contributed by atoms with E-state index in [0.29, 0.717) is 22.6 Å². The number of hydrogen-bond donors (Lipinski definition) is 1. The van der Waals surface area contributed by atoms with Crippen molar-refractivity contribution < 1.29 is 14.5 Å². The zero-order valence-corrected chi connectivity index (χ0v) is 11.7. The molecule has 0 unspecified atom stereocenters. The molecule has 0 fully saturated rings. The Kier molecular flexibility index (Phi) is 3.34. The molecule has 3 rings (SSSR count). The highest BCUT2D eigenvalue weighted by atomic mass is 16.6. The Hall–Kier alpha value is -3.15. The second kappa shape index (κ2) is 5.33. The molecule has 0 saturated heterocycles. The van der Waals surface area contributed by atoms with Gasteiger partial charge in [-0.3, -0.25) is 14.9 Å². The SMILES string of the molecule is COc1ccc(/C=C2/C(=O)Nc3ccc([N+](=O)[O-])cc32)cc1. The lowest BCUT2D eigenvalue weighted by Gasteiger charge is -2.01.